The molecule has 0 spiro atoms. The number of halogens is 1. The largest absolute Gasteiger partial charge is 0.489 e. The normalized spacial score (nSPS) is 10.6. The second kappa shape index (κ2) is 8.47. The van der Waals surface area contributed by atoms with Gasteiger partial charge in [-0.1, -0.05) is 0 Å². The molecule has 0 aliphatic heterocycles. The van der Waals surface area contributed by atoms with Crippen LogP contribution < -0.4 is 15.4 Å². The lowest BCUT2D eigenvalue weighted by molar-refractivity contribution is -0.119. The third kappa shape index (κ3) is 4.81. The van der Waals surface area contributed by atoms with E-state index >= 15 is 0 Å². The number of carbonyl (C=O) groups is 1. The third-order valence-electron chi connectivity index (χ3n) is 3.87. The summed E-state index contributed by atoms with van der Waals surface area (Å²) in [6.07, 6.45) is 5.14. The van der Waals surface area contributed by atoms with E-state index in [1.54, 1.807) is 35.4 Å². The summed E-state index contributed by atoms with van der Waals surface area (Å²) in [5, 5.41) is 9.75. The zero-order valence-electron chi connectivity index (χ0n) is 15.9. The van der Waals surface area contributed by atoms with Crippen LogP contribution in [-0.4, -0.2) is 38.8 Å². The Balaban J connectivity index is 1.76. The number of aryl methyl sites for hydroxylation is 2. The molecule has 2 aromatic heterocycles. The summed E-state index contributed by atoms with van der Waals surface area (Å²) in [6.45, 7) is 3.77. The van der Waals surface area contributed by atoms with Gasteiger partial charge in [-0.2, -0.15) is 5.10 Å². The summed E-state index contributed by atoms with van der Waals surface area (Å²) >= 11 is 0. The van der Waals surface area contributed by atoms with Crippen molar-refractivity contribution >= 4 is 17.5 Å². The Kier molecular flexibility index (Phi) is 5.83. The maximum atomic E-state index is 14.4. The number of nitrogens with one attached hydrogen (secondary N) is 2. The number of aromatic nitrogens is 4. The fourth-order valence-corrected chi connectivity index (χ4v) is 2.56. The second-order valence-electron chi connectivity index (χ2n) is 6.23. The standard InChI is InChI=1S/C19H21FN6O2/c1-12-9-22-19(24-15-10-23-26(3)11-15)25-18(12)14-4-5-17(16(20)8-14)28-7-6-21-13(2)27/h4-5,8-11H,6-7H2,1-3H3,(H,21,27)(H,22,24,25). The SMILES string of the molecule is CC(=O)NCCOc1ccc(-c2nc(Nc3cnn(C)c3)ncc2C)cc1F. The van der Waals surface area contributed by atoms with Crippen molar-refractivity contribution in [2.75, 3.05) is 18.5 Å². The van der Waals surface area contributed by atoms with Crippen LogP contribution in [0.25, 0.3) is 11.3 Å². The number of anilines is 2. The highest BCUT2D eigenvalue weighted by atomic mass is 19.1. The summed E-state index contributed by atoms with van der Waals surface area (Å²) in [6, 6.07) is 4.66. The fourth-order valence-electron chi connectivity index (χ4n) is 2.56. The first-order chi connectivity index (χ1) is 13.4. The Morgan fingerprint density at radius 1 is 1.32 bits per heavy atom. The maximum absolute atomic E-state index is 14.4. The number of ether oxygens (including phenoxy) is 1. The highest BCUT2D eigenvalue weighted by Gasteiger charge is 2.11. The maximum Gasteiger partial charge on any atom is 0.227 e. The summed E-state index contributed by atoms with van der Waals surface area (Å²) in [5.41, 5.74) is 2.80. The number of rotatable bonds is 7. The van der Waals surface area contributed by atoms with E-state index in [-0.39, 0.29) is 18.3 Å². The van der Waals surface area contributed by atoms with Crippen LogP contribution in [-0.2, 0) is 11.8 Å². The van der Waals surface area contributed by atoms with Gasteiger partial charge in [0.2, 0.25) is 11.9 Å². The van der Waals surface area contributed by atoms with E-state index in [1.807, 2.05) is 14.0 Å². The van der Waals surface area contributed by atoms with Gasteiger partial charge in [0.25, 0.3) is 0 Å². The zero-order chi connectivity index (χ0) is 20.1. The van der Waals surface area contributed by atoms with Crippen molar-refractivity contribution in [2.24, 2.45) is 7.05 Å². The van der Waals surface area contributed by atoms with Gasteiger partial charge in [-0.15, -0.1) is 0 Å². The number of hydrogen-bond acceptors (Lipinski definition) is 6. The van der Waals surface area contributed by atoms with Gasteiger partial charge in [-0.05, 0) is 30.7 Å². The zero-order valence-corrected chi connectivity index (χ0v) is 15.9. The van der Waals surface area contributed by atoms with E-state index in [4.69, 9.17) is 4.74 Å². The van der Waals surface area contributed by atoms with Gasteiger partial charge in [0.05, 0.1) is 24.1 Å². The van der Waals surface area contributed by atoms with Crippen LogP contribution in [0.15, 0.2) is 36.8 Å². The molecular weight excluding hydrogens is 363 g/mol. The van der Waals surface area contributed by atoms with Crippen molar-refractivity contribution in [1.29, 1.82) is 0 Å². The lowest BCUT2D eigenvalue weighted by Gasteiger charge is -2.11. The molecule has 0 saturated carbocycles. The van der Waals surface area contributed by atoms with E-state index in [0.717, 1.165) is 11.3 Å². The molecule has 8 nitrogen and oxygen atoms in total. The minimum atomic E-state index is -0.500. The molecule has 3 rings (SSSR count). The second-order valence-corrected chi connectivity index (χ2v) is 6.23. The number of benzene rings is 1. The first-order valence-electron chi connectivity index (χ1n) is 8.69. The quantitative estimate of drug-likeness (QED) is 0.608. The van der Waals surface area contributed by atoms with Gasteiger partial charge in [0.1, 0.15) is 6.61 Å². The van der Waals surface area contributed by atoms with Crippen molar-refractivity contribution in [2.45, 2.75) is 13.8 Å². The Morgan fingerprint density at radius 2 is 2.14 bits per heavy atom. The van der Waals surface area contributed by atoms with Crippen LogP contribution in [0.1, 0.15) is 12.5 Å². The van der Waals surface area contributed by atoms with Crippen LogP contribution in [0.2, 0.25) is 0 Å². The Morgan fingerprint density at radius 3 is 2.82 bits per heavy atom. The number of carbonyl (C=O) groups excluding carboxylic acids is 1. The average Bonchev–Trinajstić information content (AvgIpc) is 3.06. The first-order valence-corrected chi connectivity index (χ1v) is 8.69. The molecule has 0 bridgehead atoms. The molecular formula is C19H21FN6O2. The van der Waals surface area contributed by atoms with Crippen LogP contribution in [0.3, 0.4) is 0 Å². The van der Waals surface area contributed by atoms with Crippen LogP contribution in [0, 0.1) is 12.7 Å². The van der Waals surface area contributed by atoms with E-state index < -0.39 is 5.82 Å². The van der Waals surface area contributed by atoms with Crippen molar-refractivity contribution in [1.82, 2.24) is 25.1 Å². The number of nitrogens with zero attached hydrogens (tertiary/aromatic N) is 4. The minimum Gasteiger partial charge on any atom is -0.489 e. The summed E-state index contributed by atoms with van der Waals surface area (Å²) in [7, 11) is 1.81. The van der Waals surface area contributed by atoms with E-state index in [2.05, 4.69) is 25.7 Å². The molecule has 0 saturated heterocycles. The van der Waals surface area contributed by atoms with E-state index in [1.165, 1.54) is 13.0 Å². The predicted molar refractivity (Wildman–Crippen MR) is 103 cm³/mol. The van der Waals surface area contributed by atoms with Gasteiger partial charge < -0.3 is 15.4 Å². The van der Waals surface area contributed by atoms with E-state index in [9.17, 15) is 9.18 Å². The molecule has 1 aromatic carbocycles. The molecule has 0 radical (unpaired) electrons. The summed E-state index contributed by atoms with van der Waals surface area (Å²) in [5.74, 6) is -0.145. The average molecular weight is 384 g/mol. The van der Waals surface area contributed by atoms with E-state index in [0.29, 0.717) is 23.8 Å². The Labute approximate surface area is 161 Å². The highest BCUT2D eigenvalue weighted by Crippen LogP contribution is 2.27. The van der Waals surface area contributed by atoms with Gasteiger partial charge in [-0.3, -0.25) is 9.48 Å². The minimum absolute atomic E-state index is 0.120. The third-order valence-corrected chi connectivity index (χ3v) is 3.87. The lowest BCUT2D eigenvalue weighted by atomic mass is 10.1. The van der Waals surface area contributed by atoms with Crippen LogP contribution in [0.4, 0.5) is 16.0 Å². The van der Waals surface area contributed by atoms with Gasteiger partial charge in [0.15, 0.2) is 11.6 Å². The monoisotopic (exact) mass is 384 g/mol. The lowest BCUT2D eigenvalue weighted by Crippen LogP contribution is -2.25. The molecule has 1 amide bonds. The number of hydrogen-bond donors (Lipinski definition) is 2. The number of amides is 1. The molecule has 0 fully saturated rings. The van der Waals surface area contributed by atoms with Crippen molar-refractivity contribution in [3.63, 3.8) is 0 Å². The summed E-state index contributed by atoms with van der Waals surface area (Å²) in [4.78, 5) is 19.6. The van der Waals surface area contributed by atoms with Crippen LogP contribution >= 0.6 is 0 Å². The van der Waals surface area contributed by atoms with Crippen molar-refractivity contribution in [3.8, 4) is 17.0 Å². The van der Waals surface area contributed by atoms with Gasteiger partial charge in [0, 0.05) is 31.9 Å². The van der Waals surface area contributed by atoms with Crippen molar-refractivity contribution in [3.05, 3.63) is 48.2 Å². The molecule has 0 aliphatic carbocycles. The molecule has 0 unspecified atom stereocenters. The molecule has 2 heterocycles. The van der Waals surface area contributed by atoms with Gasteiger partial charge >= 0.3 is 0 Å². The van der Waals surface area contributed by atoms with Crippen molar-refractivity contribution < 1.29 is 13.9 Å². The predicted octanol–water partition coefficient (Wildman–Crippen LogP) is 2.58. The van der Waals surface area contributed by atoms with Crippen LogP contribution in [0.5, 0.6) is 5.75 Å². The topological polar surface area (TPSA) is 94.0 Å². The Bertz CT molecular complexity index is 988. The molecule has 0 atom stereocenters. The molecule has 146 valence electrons. The summed E-state index contributed by atoms with van der Waals surface area (Å²) < 4.78 is 21.5. The molecule has 3 aromatic rings. The fraction of sp³-hybridized carbons (Fsp3) is 0.263. The highest BCUT2D eigenvalue weighted by molar-refractivity contribution is 5.72. The van der Waals surface area contributed by atoms with Gasteiger partial charge in [-0.25, -0.2) is 14.4 Å². The molecule has 28 heavy (non-hydrogen) atoms. The molecule has 9 heteroatoms. The molecule has 2 N–H and O–H groups in total. The Hall–Kier alpha value is -3.49. The molecule has 0 aliphatic rings. The smallest absolute Gasteiger partial charge is 0.227 e. The first kappa shape index (κ1) is 19.3.